The number of aromatic nitrogens is 4. The van der Waals surface area contributed by atoms with Gasteiger partial charge in [0.15, 0.2) is 5.16 Å². The van der Waals surface area contributed by atoms with Gasteiger partial charge < -0.3 is 26.3 Å². The molecule has 0 bridgehead atoms. The molecule has 2 saturated heterocycles. The average Bonchev–Trinajstić information content (AvgIpc) is 3.56. The highest BCUT2D eigenvalue weighted by atomic mass is 35.5. The van der Waals surface area contributed by atoms with Crippen molar-refractivity contribution in [2.75, 3.05) is 36.0 Å². The number of nitrogens with zero attached hydrogens (tertiary/aromatic N) is 5. The fraction of sp³-hybridized carbons (Fsp3) is 0.423. The number of nitrogens with two attached hydrogens (primary N) is 2. The second-order valence-corrected chi connectivity index (χ2v) is 11.3. The van der Waals surface area contributed by atoms with Crippen molar-refractivity contribution < 1.29 is 0 Å². The van der Waals surface area contributed by atoms with E-state index in [4.69, 9.17) is 38.0 Å². The van der Waals surface area contributed by atoms with E-state index in [0.717, 1.165) is 89.5 Å². The van der Waals surface area contributed by atoms with Crippen molar-refractivity contribution in [3.8, 4) is 0 Å². The maximum atomic E-state index is 6.75. The normalized spacial score (nSPS) is 20.4. The van der Waals surface area contributed by atoms with Gasteiger partial charge >= 0.3 is 0 Å². The number of halogens is 1. The molecule has 0 amide bonds. The van der Waals surface area contributed by atoms with Crippen molar-refractivity contribution in [3.05, 3.63) is 40.7 Å². The number of aromatic amines is 1. The van der Waals surface area contributed by atoms with Crippen LogP contribution in [0.25, 0.3) is 21.9 Å². The van der Waals surface area contributed by atoms with E-state index in [1.54, 1.807) is 11.8 Å². The van der Waals surface area contributed by atoms with Gasteiger partial charge in [-0.05, 0) is 62.2 Å². The van der Waals surface area contributed by atoms with Crippen LogP contribution in [0.1, 0.15) is 31.2 Å². The zero-order valence-electron chi connectivity index (χ0n) is 20.6. The third-order valence-corrected chi connectivity index (χ3v) is 8.43. The molecule has 5 heterocycles. The van der Waals surface area contributed by atoms with E-state index in [-0.39, 0.29) is 12.1 Å². The van der Waals surface area contributed by atoms with Gasteiger partial charge in [0.1, 0.15) is 11.5 Å². The van der Waals surface area contributed by atoms with Crippen LogP contribution in [0.2, 0.25) is 5.02 Å². The predicted molar refractivity (Wildman–Crippen MR) is 148 cm³/mol. The van der Waals surface area contributed by atoms with Crippen molar-refractivity contribution in [3.63, 3.8) is 0 Å². The summed E-state index contributed by atoms with van der Waals surface area (Å²) in [6.07, 6.45) is 2.76. The molecule has 2 aliphatic rings. The largest absolute Gasteiger partial charge is 0.369 e. The first-order valence-corrected chi connectivity index (χ1v) is 13.8. The molecule has 8 nitrogen and oxygen atoms in total. The maximum Gasteiger partial charge on any atom is 0.196 e. The highest BCUT2D eigenvalue weighted by molar-refractivity contribution is 7.99. The lowest BCUT2D eigenvalue weighted by molar-refractivity contribution is 0.751. The Morgan fingerprint density at radius 3 is 2.50 bits per heavy atom. The molecule has 36 heavy (non-hydrogen) atoms. The number of hydrogen-bond acceptors (Lipinski definition) is 8. The summed E-state index contributed by atoms with van der Waals surface area (Å²) in [5.74, 6) is 0.860. The van der Waals surface area contributed by atoms with Gasteiger partial charge in [-0.3, -0.25) is 4.98 Å². The highest BCUT2D eigenvalue weighted by Crippen LogP contribution is 2.38. The van der Waals surface area contributed by atoms with Crippen LogP contribution in [0, 0.1) is 6.92 Å². The number of pyridine rings is 1. The van der Waals surface area contributed by atoms with Crippen molar-refractivity contribution in [1.82, 2.24) is 19.9 Å². The van der Waals surface area contributed by atoms with E-state index in [2.05, 4.69) is 46.0 Å². The van der Waals surface area contributed by atoms with Gasteiger partial charge in [0, 0.05) is 65.6 Å². The Kier molecular flexibility index (Phi) is 6.19. The summed E-state index contributed by atoms with van der Waals surface area (Å²) in [4.78, 5) is 23.7. The molecule has 0 saturated carbocycles. The standard InChI is InChI=1S/C26H31ClN8S/c1-3-19-23(27)22-24(31-19)32-26(33-25(22)35-9-7-16(29)13-35)36-17-4-5-18-20(11-17)30-14(2)10-21(18)34-8-6-15(28)12-34/h4-5,10-11,15-16H,3,6-9,12-13,28-29H2,1-2H3,(H,31,32,33)/t15-,16+/m1/s1. The molecule has 2 fully saturated rings. The van der Waals surface area contributed by atoms with E-state index in [1.165, 1.54) is 5.69 Å². The van der Waals surface area contributed by atoms with Gasteiger partial charge in [-0.2, -0.15) is 0 Å². The number of hydrogen-bond donors (Lipinski definition) is 3. The first-order valence-electron chi connectivity index (χ1n) is 12.6. The van der Waals surface area contributed by atoms with Crippen LogP contribution >= 0.6 is 23.4 Å². The number of fused-ring (bicyclic) bond motifs is 2. The zero-order valence-corrected chi connectivity index (χ0v) is 22.2. The van der Waals surface area contributed by atoms with Crippen LogP contribution in [0.5, 0.6) is 0 Å². The fourth-order valence-corrected chi connectivity index (χ4v) is 6.46. The molecule has 0 aliphatic carbocycles. The van der Waals surface area contributed by atoms with Crippen molar-refractivity contribution in [2.24, 2.45) is 11.5 Å². The Labute approximate surface area is 219 Å². The number of nitrogens with one attached hydrogen (secondary N) is 1. The summed E-state index contributed by atoms with van der Waals surface area (Å²) in [5.41, 5.74) is 17.3. The lowest BCUT2D eigenvalue weighted by atomic mass is 10.1. The summed E-state index contributed by atoms with van der Waals surface area (Å²) in [7, 11) is 0. The summed E-state index contributed by atoms with van der Waals surface area (Å²) in [6.45, 7) is 7.61. The second-order valence-electron chi connectivity index (χ2n) is 9.88. The maximum absolute atomic E-state index is 6.75. The molecule has 6 rings (SSSR count). The second kappa shape index (κ2) is 9.37. The van der Waals surface area contributed by atoms with Gasteiger partial charge in [-0.1, -0.05) is 18.5 Å². The molecule has 4 aromatic rings. The van der Waals surface area contributed by atoms with E-state index in [9.17, 15) is 0 Å². The number of aryl methyl sites for hydroxylation is 2. The van der Waals surface area contributed by atoms with Crippen LogP contribution in [-0.4, -0.2) is 58.2 Å². The molecule has 5 N–H and O–H groups in total. The van der Waals surface area contributed by atoms with Crippen LogP contribution in [-0.2, 0) is 6.42 Å². The van der Waals surface area contributed by atoms with E-state index < -0.39 is 0 Å². The average molecular weight is 523 g/mol. The molecule has 2 atom stereocenters. The molecule has 0 spiro atoms. The smallest absolute Gasteiger partial charge is 0.196 e. The first kappa shape index (κ1) is 23.8. The zero-order chi connectivity index (χ0) is 25.0. The number of benzene rings is 1. The SMILES string of the molecule is CCc1[nH]c2nc(Sc3ccc4c(N5CC[C@@H](N)C5)cc(C)nc4c3)nc(N3CC[C@H](N)C3)c2c1Cl. The minimum absolute atomic E-state index is 0.142. The molecule has 0 radical (unpaired) electrons. The number of H-pyrrole nitrogens is 1. The number of anilines is 2. The molecule has 188 valence electrons. The van der Waals surface area contributed by atoms with Crippen LogP contribution in [0.4, 0.5) is 11.5 Å². The topological polar surface area (TPSA) is 113 Å². The molecule has 0 unspecified atom stereocenters. The molecule has 2 aliphatic heterocycles. The molecule has 10 heteroatoms. The quantitative estimate of drug-likeness (QED) is 0.333. The Hall–Kier alpha value is -2.59. The first-order chi connectivity index (χ1) is 17.4. The van der Waals surface area contributed by atoms with Crippen LogP contribution < -0.4 is 21.3 Å². The van der Waals surface area contributed by atoms with Gasteiger partial charge in [0.2, 0.25) is 0 Å². The van der Waals surface area contributed by atoms with Gasteiger partial charge in [0.25, 0.3) is 0 Å². The minimum atomic E-state index is 0.142. The third-order valence-electron chi connectivity index (χ3n) is 7.16. The van der Waals surface area contributed by atoms with Crippen molar-refractivity contribution >= 4 is 56.8 Å². The van der Waals surface area contributed by atoms with Crippen molar-refractivity contribution in [2.45, 2.75) is 55.2 Å². The Morgan fingerprint density at radius 1 is 1.06 bits per heavy atom. The fourth-order valence-electron chi connectivity index (χ4n) is 5.32. The lowest BCUT2D eigenvalue weighted by Crippen LogP contribution is -2.27. The highest BCUT2D eigenvalue weighted by Gasteiger charge is 2.26. The monoisotopic (exact) mass is 522 g/mol. The summed E-state index contributed by atoms with van der Waals surface area (Å²) in [6, 6.07) is 8.94. The van der Waals surface area contributed by atoms with Gasteiger partial charge in [-0.15, -0.1) is 0 Å². The molecular formula is C26H31ClN8S. The third kappa shape index (κ3) is 4.28. The van der Waals surface area contributed by atoms with Gasteiger partial charge in [0.05, 0.1) is 15.9 Å². The minimum Gasteiger partial charge on any atom is -0.369 e. The molecular weight excluding hydrogens is 492 g/mol. The Bertz CT molecular complexity index is 1450. The molecule has 3 aromatic heterocycles. The number of rotatable bonds is 5. The lowest BCUT2D eigenvalue weighted by Gasteiger charge is -2.21. The van der Waals surface area contributed by atoms with E-state index >= 15 is 0 Å². The Morgan fingerprint density at radius 2 is 1.81 bits per heavy atom. The Balaban J connectivity index is 1.39. The van der Waals surface area contributed by atoms with Crippen LogP contribution in [0.15, 0.2) is 34.3 Å². The summed E-state index contributed by atoms with van der Waals surface area (Å²) >= 11 is 8.29. The summed E-state index contributed by atoms with van der Waals surface area (Å²) in [5, 5.41) is 3.41. The predicted octanol–water partition coefficient (Wildman–Crippen LogP) is 4.26. The van der Waals surface area contributed by atoms with Crippen molar-refractivity contribution in [1.29, 1.82) is 0 Å². The van der Waals surface area contributed by atoms with Crippen LogP contribution in [0.3, 0.4) is 0 Å². The van der Waals surface area contributed by atoms with E-state index in [1.807, 2.05) is 6.92 Å². The van der Waals surface area contributed by atoms with E-state index in [0.29, 0.717) is 10.2 Å². The summed E-state index contributed by atoms with van der Waals surface area (Å²) < 4.78 is 0. The molecule has 1 aromatic carbocycles. The van der Waals surface area contributed by atoms with Gasteiger partial charge in [-0.25, -0.2) is 9.97 Å².